The molecule has 0 heterocycles. The number of rotatable bonds is 12. The molecule has 0 aromatic heterocycles. The average Bonchev–Trinajstić information content (AvgIpc) is 2.74. The van der Waals surface area contributed by atoms with Crippen LogP contribution in [0.25, 0.3) is 0 Å². The van der Waals surface area contributed by atoms with Crippen LogP contribution in [0.1, 0.15) is 31.8 Å². The molecule has 0 saturated heterocycles. The van der Waals surface area contributed by atoms with Gasteiger partial charge in [0.25, 0.3) is 0 Å². The lowest BCUT2D eigenvalue weighted by Gasteiger charge is -2.14. The number of hydrogen-bond acceptors (Lipinski definition) is 8. The SMILES string of the molecule is [CH2]COCCOC[C](OOC(=O)c1cccc(C)c1)OOC(=O)c1cccc(C)c1. The lowest BCUT2D eigenvalue weighted by atomic mass is 10.1. The zero-order chi connectivity index (χ0) is 21.8. The Hall–Kier alpha value is -2.78. The first kappa shape index (κ1) is 23.5. The lowest BCUT2D eigenvalue weighted by molar-refractivity contribution is -0.368. The van der Waals surface area contributed by atoms with E-state index in [1.807, 2.05) is 26.0 Å². The second-order valence-corrected chi connectivity index (χ2v) is 6.18. The lowest BCUT2D eigenvalue weighted by Crippen LogP contribution is -2.21. The van der Waals surface area contributed by atoms with Gasteiger partial charge in [-0.2, -0.15) is 0 Å². The minimum Gasteiger partial charge on any atom is -0.379 e. The van der Waals surface area contributed by atoms with Crippen LogP contribution in [-0.4, -0.2) is 38.4 Å². The third kappa shape index (κ3) is 8.30. The van der Waals surface area contributed by atoms with Crippen molar-refractivity contribution in [3.8, 4) is 0 Å². The van der Waals surface area contributed by atoms with Crippen LogP contribution >= 0.6 is 0 Å². The van der Waals surface area contributed by atoms with Gasteiger partial charge in [0.05, 0.1) is 24.3 Å². The zero-order valence-corrected chi connectivity index (χ0v) is 16.9. The zero-order valence-electron chi connectivity index (χ0n) is 16.9. The summed E-state index contributed by atoms with van der Waals surface area (Å²) in [6.07, 6.45) is -0.369. The third-order valence-corrected chi connectivity index (χ3v) is 3.66. The molecular formula is C22H24O8. The second kappa shape index (κ2) is 12.7. The van der Waals surface area contributed by atoms with Crippen LogP contribution in [0.4, 0.5) is 0 Å². The topological polar surface area (TPSA) is 89.5 Å². The van der Waals surface area contributed by atoms with Crippen molar-refractivity contribution in [3.63, 3.8) is 0 Å². The van der Waals surface area contributed by atoms with E-state index in [4.69, 9.17) is 29.0 Å². The van der Waals surface area contributed by atoms with E-state index in [1.54, 1.807) is 36.4 Å². The molecule has 2 rings (SSSR count). The Labute approximate surface area is 175 Å². The van der Waals surface area contributed by atoms with Crippen molar-refractivity contribution in [2.75, 3.05) is 26.4 Å². The standard InChI is InChI=1S/C22H24O8/c1-4-25-11-12-26-15-20(27-29-21(23)18-9-5-7-16(2)13-18)28-30-22(24)19-10-6-8-17(3)14-19/h5-10,13-14H,1,4,11-12,15H2,2-3H3. The molecule has 2 radical (unpaired) electrons. The first-order chi connectivity index (χ1) is 14.5. The van der Waals surface area contributed by atoms with Crippen LogP contribution in [0.5, 0.6) is 0 Å². The van der Waals surface area contributed by atoms with Crippen LogP contribution in [0, 0.1) is 27.1 Å². The van der Waals surface area contributed by atoms with Crippen LogP contribution < -0.4 is 0 Å². The van der Waals surface area contributed by atoms with Gasteiger partial charge in [-0.05, 0) is 45.0 Å². The van der Waals surface area contributed by atoms with E-state index >= 15 is 0 Å². The third-order valence-electron chi connectivity index (χ3n) is 3.66. The Morgan fingerprint density at radius 3 is 1.73 bits per heavy atom. The molecular weight excluding hydrogens is 392 g/mol. The number of ether oxygens (including phenoxy) is 2. The summed E-state index contributed by atoms with van der Waals surface area (Å²) in [7, 11) is 0. The molecule has 2 aromatic carbocycles. The van der Waals surface area contributed by atoms with Crippen LogP contribution in [-0.2, 0) is 29.0 Å². The van der Waals surface area contributed by atoms with E-state index in [-0.39, 0.29) is 30.6 Å². The fraction of sp³-hybridized carbons (Fsp3) is 0.273. The van der Waals surface area contributed by atoms with Gasteiger partial charge < -0.3 is 9.47 Å². The maximum Gasteiger partial charge on any atom is 0.373 e. The fourth-order valence-electron chi connectivity index (χ4n) is 2.25. The molecule has 30 heavy (non-hydrogen) atoms. The van der Waals surface area contributed by atoms with E-state index in [0.29, 0.717) is 13.2 Å². The second-order valence-electron chi connectivity index (χ2n) is 6.18. The van der Waals surface area contributed by atoms with Gasteiger partial charge in [0, 0.05) is 6.61 Å². The Bertz CT molecular complexity index is 759. The monoisotopic (exact) mass is 416 g/mol. The van der Waals surface area contributed by atoms with E-state index < -0.39 is 11.9 Å². The minimum atomic E-state index is -0.745. The quantitative estimate of drug-likeness (QED) is 0.295. The summed E-state index contributed by atoms with van der Waals surface area (Å²) in [6.45, 7) is 7.75. The molecule has 0 bridgehead atoms. The maximum absolute atomic E-state index is 12.1. The molecule has 8 nitrogen and oxygen atoms in total. The Balaban J connectivity index is 1.90. The largest absolute Gasteiger partial charge is 0.379 e. The summed E-state index contributed by atoms with van der Waals surface area (Å²) in [4.78, 5) is 43.6. The number of carbonyl (C=O) groups excluding carboxylic acids is 2. The van der Waals surface area contributed by atoms with Crippen molar-refractivity contribution in [1.82, 2.24) is 0 Å². The van der Waals surface area contributed by atoms with E-state index in [0.717, 1.165) is 11.1 Å². The van der Waals surface area contributed by atoms with Crippen molar-refractivity contribution in [1.29, 1.82) is 0 Å². The van der Waals surface area contributed by atoms with Crippen molar-refractivity contribution >= 4 is 11.9 Å². The first-order valence-electron chi connectivity index (χ1n) is 9.21. The van der Waals surface area contributed by atoms with Crippen molar-refractivity contribution in [2.24, 2.45) is 0 Å². The summed E-state index contributed by atoms with van der Waals surface area (Å²) >= 11 is 0. The minimum absolute atomic E-state index is 0.198. The molecule has 0 N–H and O–H groups in total. The summed E-state index contributed by atoms with van der Waals surface area (Å²) in [6, 6.07) is 13.5. The van der Waals surface area contributed by atoms with Gasteiger partial charge in [0.15, 0.2) is 0 Å². The number of aryl methyl sites for hydroxylation is 2. The van der Waals surface area contributed by atoms with Crippen molar-refractivity contribution < 1.29 is 38.6 Å². The molecule has 0 amide bonds. The molecule has 0 fully saturated rings. The van der Waals surface area contributed by atoms with Gasteiger partial charge >= 0.3 is 18.2 Å². The van der Waals surface area contributed by atoms with Crippen molar-refractivity contribution in [2.45, 2.75) is 13.8 Å². The molecule has 8 heteroatoms. The smallest absolute Gasteiger partial charge is 0.373 e. The summed E-state index contributed by atoms with van der Waals surface area (Å²) in [5, 5.41) is 0. The fourth-order valence-corrected chi connectivity index (χ4v) is 2.25. The van der Waals surface area contributed by atoms with E-state index in [2.05, 4.69) is 6.92 Å². The highest BCUT2D eigenvalue weighted by molar-refractivity contribution is 5.89. The van der Waals surface area contributed by atoms with Gasteiger partial charge in [0.2, 0.25) is 0 Å². The Morgan fingerprint density at radius 1 is 0.767 bits per heavy atom. The van der Waals surface area contributed by atoms with Crippen LogP contribution in [0.2, 0.25) is 0 Å². The van der Waals surface area contributed by atoms with Crippen LogP contribution in [0.15, 0.2) is 48.5 Å². The normalized spacial score (nSPS) is 10.8. The summed E-state index contributed by atoms with van der Waals surface area (Å²) in [5.74, 6) is -1.49. The van der Waals surface area contributed by atoms with Gasteiger partial charge in [-0.3, -0.25) is 9.78 Å². The van der Waals surface area contributed by atoms with Gasteiger partial charge in [0.1, 0.15) is 6.61 Å². The highest BCUT2D eigenvalue weighted by Crippen LogP contribution is 2.13. The molecule has 2 aromatic rings. The summed E-state index contributed by atoms with van der Waals surface area (Å²) < 4.78 is 10.3. The highest BCUT2D eigenvalue weighted by atomic mass is 17.3. The van der Waals surface area contributed by atoms with Gasteiger partial charge in [-0.25, -0.2) is 9.59 Å². The highest BCUT2D eigenvalue weighted by Gasteiger charge is 2.22. The molecule has 0 aliphatic heterocycles. The van der Waals surface area contributed by atoms with E-state index in [9.17, 15) is 9.59 Å². The summed E-state index contributed by atoms with van der Waals surface area (Å²) in [5.41, 5.74) is 2.34. The Morgan fingerprint density at radius 2 is 1.27 bits per heavy atom. The molecule has 0 aliphatic carbocycles. The predicted molar refractivity (Wildman–Crippen MR) is 106 cm³/mol. The average molecular weight is 416 g/mol. The van der Waals surface area contributed by atoms with Gasteiger partial charge in [-0.15, -0.1) is 9.78 Å². The molecule has 0 saturated carbocycles. The molecule has 0 atom stereocenters. The van der Waals surface area contributed by atoms with E-state index in [1.165, 1.54) is 0 Å². The number of hydrogen-bond donors (Lipinski definition) is 0. The molecule has 0 unspecified atom stereocenters. The predicted octanol–water partition coefficient (Wildman–Crippen LogP) is 3.54. The van der Waals surface area contributed by atoms with Crippen molar-refractivity contribution in [3.05, 3.63) is 84.0 Å². The molecule has 0 aliphatic rings. The number of carbonyl (C=O) groups is 2. The Kier molecular flexibility index (Phi) is 9.96. The molecule has 0 spiro atoms. The maximum atomic E-state index is 12.1. The van der Waals surface area contributed by atoms with Gasteiger partial charge in [-0.1, -0.05) is 35.4 Å². The number of benzene rings is 2. The molecule has 160 valence electrons. The first-order valence-corrected chi connectivity index (χ1v) is 9.21. The van der Waals surface area contributed by atoms with Crippen LogP contribution in [0.3, 0.4) is 0 Å².